The van der Waals surface area contributed by atoms with Gasteiger partial charge in [-0.25, -0.2) is 0 Å². The summed E-state index contributed by atoms with van der Waals surface area (Å²) in [5.41, 5.74) is 0.175. The SMILES string of the molecule is O=C(COc1coc(CN2CCCC2)cc1=O)Nc1ccc(Cl)c(Cl)c1. The molecule has 1 aliphatic heterocycles. The fourth-order valence-corrected chi connectivity index (χ4v) is 3.00. The fourth-order valence-electron chi connectivity index (χ4n) is 2.70. The third-order valence-electron chi connectivity index (χ3n) is 3.99. The number of anilines is 1. The maximum Gasteiger partial charge on any atom is 0.262 e. The number of ether oxygens (including phenoxy) is 1. The Morgan fingerprint density at radius 3 is 2.65 bits per heavy atom. The van der Waals surface area contributed by atoms with Gasteiger partial charge in [0.15, 0.2) is 6.61 Å². The van der Waals surface area contributed by atoms with Gasteiger partial charge < -0.3 is 14.5 Å². The number of halogens is 2. The van der Waals surface area contributed by atoms with Crippen molar-refractivity contribution in [2.24, 2.45) is 0 Å². The summed E-state index contributed by atoms with van der Waals surface area (Å²) in [6.07, 6.45) is 3.58. The lowest BCUT2D eigenvalue weighted by Crippen LogP contribution is -2.23. The number of hydrogen-bond acceptors (Lipinski definition) is 5. The number of nitrogens with one attached hydrogen (secondary N) is 1. The van der Waals surface area contributed by atoms with Crippen molar-refractivity contribution in [1.29, 1.82) is 0 Å². The lowest BCUT2D eigenvalue weighted by atomic mass is 10.3. The van der Waals surface area contributed by atoms with Gasteiger partial charge in [-0.05, 0) is 44.1 Å². The Bertz CT molecular complexity index is 847. The van der Waals surface area contributed by atoms with E-state index in [1.165, 1.54) is 31.2 Å². The second kappa shape index (κ2) is 8.58. The van der Waals surface area contributed by atoms with Gasteiger partial charge in [0.25, 0.3) is 5.91 Å². The summed E-state index contributed by atoms with van der Waals surface area (Å²) in [6, 6.07) is 6.13. The van der Waals surface area contributed by atoms with Gasteiger partial charge in [-0.15, -0.1) is 0 Å². The van der Waals surface area contributed by atoms with Crippen LogP contribution in [0.2, 0.25) is 10.0 Å². The minimum Gasteiger partial charge on any atom is -0.477 e. The molecule has 1 amide bonds. The molecule has 6 nitrogen and oxygen atoms in total. The highest BCUT2D eigenvalue weighted by atomic mass is 35.5. The highest BCUT2D eigenvalue weighted by Crippen LogP contribution is 2.25. The van der Waals surface area contributed by atoms with Gasteiger partial charge in [0.05, 0.1) is 16.6 Å². The average molecular weight is 397 g/mol. The average Bonchev–Trinajstić information content (AvgIpc) is 3.10. The number of hydrogen-bond donors (Lipinski definition) is 1. The van der Waals surface area contributed by atoms with Crippen molar-refractivity contribution in [3.05, 3.63) is 56.6 Å². The summed E-state index contributed by atoms with van der Waals surface area (Å²) in [6.45, 7) is 2.30. The van der Waals surface area contributed by atoms with Crippen molar-refractivity contribution in [2.75, 3.05) is 25.0 Å². The molecule has 3 rings (SSSR count). The first-order chi connectivity index (χ1) is 12.5. The van der Waals surface area contributed by atoms with Crippen molar-refractivity contribution in [3.8, 4) is 5.75 Å². The number of carbonyl (C=O) groups excluding carboxylic acids is 1. The predicted octanol–water partition coefficient (Wildman–Crippen LogP) is 3.56. The molecule has 0 bridgehead atoms. The number of likely N-dealkylation sites (tertiary alicyclic amines) is 1. The summed E-state index contributed by atoms with van der Waals surface area (Å²) in [7, 11) is 0. The van der Waals surface area contributed by atoms with Crippen LogP contribution in [-0.4, -0.2) is 30.5 Å². The van der Waals surface area contributed by atoms with Gasteiger partial charge in [0, 0.05) is 11.8 Å². The number of rotatable bonds is 6. The highest BCUT2D eigenvalue weighted by molar-refractivity contribution is 6.42. The molecule has 8 heteroatoms. The molecule has 138 valence electrons. The summed E-state index contributed by atoms with van der Waals surface area (Å²) < 4.78 is 10.7. The molecule has 0 spiro atoms. The van der Waals surface area contributed by atoms with E-state index in [1.807, 2.05) is 0 Å². The molecule has 1 aromatic carbocycles. The third kappa shape index (κ3) is 5.00. The van der Waals surface area contributed by atoms with Gasteiger partial charge in [-0.2, -0.15) is 0 Å². The van der Waals surface area contributed by atoms with Crippen LogP contribution in [0.1, 0.15) is 18.6 Å². The normalized spacial score (nSPS) is 14.4. The molecule has 0 unspecified atom stereocenters. The van der Waals surface area contributed by atoms with Crippen LogP contribution in [0.15, 0.2) is 39.7 Å². The molecule has 1 N–H and O–H groups in total. The zero-order valence-corrected chi connectivity index (χ0v) is 15.5. The van der Waals surface area contributed by atoms with Crippen molar-refractivity contribution in [1.82, 2.24) is 4.90 Å². The second-order valence-electron chi connectivity index (χ2n) is 6.02. The quantitative estimate of drug-likeness (QED) is 0.807. The maximum atomic E-state index is 12.1. The van der Waals surface area contributed by atoms with Crippen LogP contribution in [-0.2, 0) is 11.3 Å². The Balaban J connectivity index is 1.54. The van der Waals surface area contributed by atoms with Gasteiger partial charge in [-0.1, -0.05) is 23.2 Å². The molecule has 2 heterocycles. The Morgan fingerprint density at radius 1 is 1.19 bits per heavy atom. The molecule has 0 aliphatic carbocycles. The molecular weight excluding hydrogens is 379 g/mol. The number of carbonyl (C=O) groups is 1. The Hall–Kier alpha value is -2.02. The summed E-state index contributed by atoms with van der Waals surface area (Å²) in [4.78, 5) is 26.3. The van der Waals surface area contributed by atoms with Crippen molar-refractivity contribution >= 4 is 34.8 Å². The summed E-state index contributed by atoms with van der Waals surface area (Å²) >= 11 is 11.7. The third-order valence-corrected chi connectivity index (χ3v) is 4.73. The van der Waals surface area contributed by atoms with Gasteiger partial charge in [-0.3, -0.25) is 14.5 Å². The minimum atomic E-state index is -0.427. The zero-order valence-electron chi connectivity index (χ0n) is 14.0. The van der Waals surface area contributed by atoms with Crippen LogP contribution >= 0.6 is 23.2 Å². The minimum absolute atomic E-state index is 0.000500. The Kier molecular flexibility index (Phi) is 6.19. The van der Waals surface area contributed by atoms with Crippen LogP contribution < -0.4 is 15.5 Å². The van der Waals surface area contributed by atoms with Gasteiger partial charge >= 0.3 is 0 Å². The zero-order chi connectivity index (χ0) is 18.5. The lowest BCUT2D eigenvalue weighted by Gasteiger charge is -2.13. The predicted molar refractivity (Wildman–Crippen MR) is 100 cm³/mol. The second-order valence-corrected chi connectivity index (χ2v) is 6.84. The first-order valence-electron chi connectivity index (χ1n) is 8.23. The smallest absolute Gasteiger partial charge is 0.262 e. The topological polar surface area (TPSA) is 71.8 Å². The monoisotopic (exact) mass is 396 g/mol. The summed E-state index contributed by atoms with van der Waals surface area (Å²) in [5, 5.41) is 3.34. The first-order valence-corrected chi connectivity index (χ1v) is 8.98. The molecule has 1 aromatic heterocycles. The number of nitrogens with zero attached hydrogens (tertiary/aromatic N) is 1. The Labute approximate surface area is 160 Å². The highest BCUT2D eigenvalue weighted by Gasteiger charge is 2.14. The molecule has 0 saturated carbocycles. The first kappa shape index (κ1) is 18.8. The van der Waals surface area contributed by atoms with E-state index >= 15 is 0 Å². The molecule has 26 heavy (non-hydrogen) atoms. The van der Waals surface area contributed by atoms with E-state index in [0.29, 0.717) is 28.0 Å². The van der Waals surface area contributed by atoms with E-state index in [9.17, 15) is 9.59 Å². The summed E-state index contributed by atoms with van der Waals surface area (Å²) in [5.74, 6) is 0.160. The maximum absolute atomic E-state index is 12.1. The van der Waals surface area contributed by atoms with E-state index < -0.39 is 5.91 Å². The fraction of sp³-hybridized carbons (Fsp3) is 0.333. The van der Waals surface area contributed by atoms with E-state index in [0.717, 1.165) is 13.1 Å². The van der Waals surface area contributed by atoms with E-state index in [-0.39, 0.29) is 17.8 Å². The van der Waals surface area contributed by atoms with Crippen LogP contribution in [0.25, 0.3) is 0 Å². The van der Waals surface area contributed by atoms with Gasteiger partial charge in [0.1, 0.15) is 12.0 Å². The number of benzene rings is 1. The van der Waals surface area contributed by atoms with Crippen molar-refractivity contribution in [3.63, 3.8) is 0 Å². The van der Waals surface area contributed by atoms with Crippen LogP contribution in [0.5, 0.6) is 5.75 Å². The molecule has 1 aliphatic rings. The van der Waals surface area contributed by atoms with E-state index in [1.54, 1.807) is 12.1 Å². The van der Waals surface area contributed by atoms with E-state index in [2.05, 4.69) is 10.2 Å². The standard InChI is InChI=1S/C18H18Cl2N2O4/c19-14-4-3-12(7-15(14)20)21-18(24)11-26-17-10-25-13(8-16(17)23)9-22-5-1-2-6-22/h3-4,7-8,10H,1-2,5-6,9,11H2,(H,21,24). The largest absolute Gasteiger partial charge is 0.477 e. The molecule has 1 fully saturated rings. The molecular formula is C18H18Cl2N2O4. The van der Waals surface area contributed by atoms with Gasteiger partial charge in [0.2, 0.25) is 11.2 Å². The Morgan fingerprint density at radius 2 is 1.96 bits per heavy atom. The molecule has 1 saturated heterocycles. The lowest BCUT2D eigenvalue weighted by molar-refractivity contribution is -0.118. The number of amides is 1. The van der Waals surface area contributed by atoms with Crippen LogP contribution in [0, 0.1) is 0 Å². The van der Waals surface area contributed by atoms with E-state index in [4.69, 9.17) is 32.4 Å². The van der Waals surface area contributed by atoms with Crippen molar-refractivity contribution in [2.45, 2.75) is 19.4 Å². The van der Waals surface area contributed by atoms with Crippen LogP contribution in [0.4, 0.5) is 5.69 Å². The molecule has 0 radical (unpaired) electrons. The van der Waals surface area contributed by atoms with Crippen LogP contribution in [0.3, 0.4) is 0 Å². The molecule has 2 aromatic rings. The van der Waals surface area contributed by atoms with Crippen molar-refractivity contribution < 1.29 is 13.9 Å². The molecule has 0 atom stereocenters.